The number of nitrogens with one attached hydrogen (secondary N) is 1. The first-order valence-corrected chi connectivity index (χ1v) is 10.2. The van der Waals surface area contributed by atoms with E-state index in [1.54, 1.807) is 25.2 Å². The maximum Gasteiger partial charge on any atom is 0.181 e. The molecule has 0 bridgehead atoms. The Labute approximate surface area is 183 Å². The van der Waals surface area contributed by atoms with E-state index in [-0.39, 0.29) is 5.75 Å². The fourth-order valence-corrected chi connectivity index (χ4v) is 3.47. The monoisotopic (exact) mass is 458 g/mol. The standard InChI is InChI=1S/C24H19BrN4O/c1-26-29-23(19-14-18(25)12-13-22(19)30)24-27-20(16-8-4-2-5-9-16)15-21(28-24)17-10-6-3-7-11-17/h2-15,26,30H,1H3/b29-23+. The van der Waals surface area contributed by atoms with Crippen molar-refractivity contribution < 1.29 is 5.11 Å². The van der Waals surface area contributed by atoms with Crippen LogP contribution in [0.1, 0.15) is 11.4 Å². The van der Waals surface area contributed by atoms with Gasteiger partial charge in [-0.2, -0.15) is 5.10 Å². The number of halogens is 1. The van der Waals surface area contributed by atoms with Crippen LogP contribution in [0.25, 0.3) is 22.5 Å². The van der Waals surface area contributed by atoms with Gasteiger partial charge >= 0.3 is 0 Å². The summed E-state index contributed by atoms with van der Waals surface area (Å²) in [7, 11) is 1.70. The Hall–Kier alpha value is -3.51. The summed E-state index contributed by atoms with van der Waals surface area (Å²) in [5.74, 6) is 0.514. The summed E-state index contributed by atoms with van der Waals surface area (Å²) in [5, 5.41) is 14.9. The van der Waals surface area contributed by atoms with Crippen LogP contribution in [0.3, 0.4) is 0 Å². The van der Waals surface area contributed by atoms with Gasteiger partial charge in [0.05, 0.1) is 11.4 Å². The fourth-order valence-electron chi connectivity index (χ4n) is 3.11. The summed E-state index contributed by atoms with van der Waals surface area (Å²) >= 11 is 3.46. The van der Waals surface area contributed by atoms with Crippen molar-refractivity contribution in [2.45, 2.75) is 0 Å². The minimum Gasteiger partial charge on any atom is -0.507 e. The summed E-state index contributed by atoms with van der Waals surface area (Å²) in [6.45, 7) is 0. The zero-order valence-electron chi connectivity index (χ0n) is 16.2. The summed E-state index contributed by atoms with van der Waals surface area (Å²) in [6, 6.07) is 27.0. The van der Waals surface area contributed by atoms with E-state index in [9.17, 15) is 5.11 Å². The predicted octanol–water partition coefficient (Wildman–Crippen LogP) is 5.25. The smallest absolute Gasteiger partial charge is 0.181 e. The van der Waals surface area contributed by atoms with Gasteiger partial charge in [-0.3, -0.25) is 0 Å². The first-order valence-electron chi connectivity index (χ1n) is 9.39. The molecule has 4 rings (SSSR count). The van der Waals surface area contributed by atoms with Gasteiger partial charge < -0.3 is 10.5 Å². The Kier molecular flexibility index (Phi) is 5.86. The highest BCUT2D eigenvalue weighted by Crippen LogP contribution is 2.28. The third-order valence-corrected chi connectivity index (χ3v) is 5.01. The molecule has 1 aromatic heterocycles. The third-order valence-electron chi connectivity index (χ3n) is 4.51. The van der Waals surface area contributed by atoms with E-state index in [1.807, 2.05) is 66.7 Å². The van der Waals surface area contributed by atoms with Gasteiger partial charge in [0.2, 0.25) is 0 Å². The number of phenols is 1. The first kappa shape index (κ1) is 19.8. The zero-order valence-corrected chi connectivity index (χ0v) is 17.8. The third kappa shape index (κ3) is 4.23. The number of phenolic OH excluding ortho intramolecular Hbond substituents is 1. The maximum atomic E-state index is 10.5. The van der Waals surface area contributed by atoms with Gasteiger partial charge in [-0.05, 0) is 24.3 Å². The number of nitrogens with zero attached hydrogens (tertiary/aromatic N) is 3. The molecule has 0 aliphatic rings. The van der Waals surface area contributed by atoms with Crippen molar-refractivity contribution in [3.05, 3.63) is 101 Å². The van der Waals surface area contributed by atoms with Crippen molar-refractivity contribution in [1.29, 1.82) is 0 Å². The Morgan fingerprint density at radius 2 is 1.40 bits per heavy atom. The molecular formula is C24H19BrN4O. The summed E-state index contributed by atoms with van der Waals surface area (Å²) in [5.41, 5.74) is 7.29. The van der Waals surface area contributed by atoms with Crippen LogP contribution in [0.4, 0.5) is 0 Å². The molecule has 0 saturated heterocycles. The molecule has 2 N–H and O–H groups in total. The van der Waals surface area contributed by atoms with Gasteiger partial charge in [0.15, 0.2) is 5.82 Å². The van der Waals surface area contributed by atoms with Crippen LogP contribution >= 0.6 is 15.9 Å². The second-order valence-corrected chi connectivity index (χ2v) is 7.46. The molecule has 5 nitrogen and oxygen atoms in total. The number of hydrazone groups is 1. The van der Waals surface area contributed by atoms with Gasteiger partial charge in [0.1, 0.15) is 11.5 Å². The molecule has 148 valence electrons. The van der Waals surface area contributed by atoms with Crippen molar-refractivity contribution >= 4 is 21.6 Å². The highest BCUT2D eigenvalue weighted by Gasteiger charge is 2.18. The fraction of sp³-hybridized carbons (Fsp3) is 0.0417. The second kappa shape index (κ2) is 8.88. The predicted molar refractivity (Wildman–Crippen MR) is 123 cm³/mol. The van der Waals surface area contributed by atoms with Crippen LogP contribution in [-0.4, -0.2) is 27.8 Å². The highest BCUT2D eigenvalue weighted by molar-refractivity contribution is 9.10. The quantitative estimate of drug-likeness (QED) is 0.316. The van der Waals surface area contributed by atoms with Crippen molar-refractivity contribution in [1.82, 2.24) is 15.4 Å². The van der Waals surface area contributed by atoms with Crippen molar-refractivity contribution in [3.63, 3.8) is 0 Å². The van der Waals surface area contributed by atoms with Crippen LogP contribution < -0.4 is 5.43 Å². The molecule has 4 aromatic rings. The SMILES string of the molecule is CN/N=C(/c1nc(-c2ccccc2)cc(-c2ccccc2)n1)c1cc(Br)ccc1O. The Morgan fingerprint density at radius 1 is 0.833 bits per heavy atom. The second-order valence-electron chi connectivity index (χ2n) is 6.54. The Bertz CT molecular complexity index is 1140. The van der Waals surface area contributed by atoms with E-state index in [1.165, 1.54) is 0 Å². The molecule has 0 unspecified atom stereocenters. The van der Waals surface area contributed by atoms with Gasteiger partial charge in [-0.25, -0.2) is 9.97 Å². The Balaban J connectivity index is 1.95. The number of aromatic hydroxyl groups is 1. The molecule has 3 aromatic carbocycles. The molecule has 30 heavy (non-hydrogen) atoms. The normalized spacial score (nSPS) is 11.3. The Morgan fingerprint density at radius 3 is 1.93 bits per heavy atom. The average molecular weight is 459 g/mol. The minimum atomic E-state index is 0.0992. The number of hydrogen-bond donors (Lipinski definition) is 2. The van der Waals surface area contributed by atoms with Crippen LogP contribution in [-0.2, 0) is 0 Å². The molecule has 0 aliphatic carbocycles. The zero-order chi connectivity index (χ0) is 20.9. The summed E-state index contributed by atoms with van der Waals surface area (Å²) in [4.78, 5) is 9.57. The maximum absolute atomic E-state index is 10.5. The lowest BCUT2D eigenvalue weighted by Crippen LogP contribution is -2.14. The molecular weight excluding hydrogens is 440 g/mol. The molecule has 6 heteroatoms. The number of benzene rings is 3. The van der Waals surface area contributed by atoms with Crippen molar-refractivity contribution in [2.24, 2.45) is 5.10 Å². The molecule has 0 saturated carbocycles. The first-order chi connectivity index (χ1) is 14.7. The van der Waals surface area contributed by atoms with E-state index >= 15 is 0 Å². The lowest BCUT2D eigenvalue weighted by Gasteiger charge is -2.12. The van der Waals surface area contributed by atoms with E-state index < -0.39 is 0 Å². The van der Waals surface area contributed by atoms with Crippen molar-refractivity contribution in [2.75, 3.05) is 7.05 Å². The van der Waals surface area contributed by atoms with E-state index in [0.29, 0.717) is 17.1 Å². The average Bonchev–Trinajstić information content (AvgIpc) is 2.80. The highest BCUT2D eigenvalue weighted by atomic mass is 79.9. The van der Waals surface area contributed by atoms with E-state index in [4.69, 9.17) is 9.97 Å². The van der Waals surface area contributed by atoms with E-state index in [2.05, 4.69) is 26.5 Å². The van der Waals surface area contributed by atoms with Crippen LogP contribution in [0.15, 0.2) is 94.5 Å². The van der Waals surface area contributed by atoms with Crippen LogP contribution in [0, 0.1) is 0 Å². The summed E-state index contributed by atoms with van der Waals surface area (Å²) < 4.78 is 0.821. The molecule has 0 fully saturated rings. The number of rotatable bonds is 5. The van der Waals surface area contributed by atoms with Gasteiger partial charge in [0.25, 0.3) is 0 Å². The molecule has 1 heterocycles. The molecule has 0 radical (unpaired) electrons. The lowest BCUT2D eigenvalue weighted by molar-refractivity contribution is 0.474. The lowest BCUT2D eigenvalue weighted by atomic mass is 10.1. The van der Waals surface area contributed by atoms with Crippen molar-refractivity contribution in [3.8, 4) is 28.3 Å². The largest absolute Gasteiger partial charge is 0.507 e. The van der Waals surface area contributed by atoms with E-state index in [0.717, 1.165) is 27.0 Å². The minimum absolute atomic E-state index is 0.0992. The summed E-state index contributed by atoms with van der Waals surface area (Å²) in [6.07, 6.45) is 0. The van der Waals surface area contributed by atoms with Gasteiger partial charge in [0, 0.05) is 28.2 Å². The van der Waals surface area contributed by atoms with Crippen LogP contribution in [0.2, 0.25) is 0 Å². The van der Waals surface area contributed by atoms with Gasteiger partial charge in [-0.1, -0.05) is 76.6 Å². The topological polar surface area (TPSA) is 70.4 Å². The van der Waals surface area contributed by atoms with Crippen LogP contribution in [0.5, 0.6) is 5.75 Å². The van der Waals surface area contributed by atoms with Gasteiger partial charge in [-0.15, -0.1) is 0 Å². The number of aromatic nitrogens is 2. The molecule has 0 amide bonds. The number of hydrogen-bond acceptors (Lipinski definition) is 5. The molecule has 0 atom stereocenters. The molecule has 0 aliphatic heterocycles. The molecule has 0 spiro atoms.